The van der Waals surface area contributed by atoms with Crippen LogP contribution in [-0.4, -0.2) is 13.1 Å². The van der Waals surface area contributed by atoms with Crippen LogP contribution in [0.25, 0.3) is 0 Å². The van der Waals surface area contributed by atoms with E-state index in [9.17, 15) is 0 Å². The Kier molecular flexibility index (Phi) is 10.1. The van der Waals surface area contributed by atoms with Gasteiger partial charge in [0.1, 0.15) is 0 Å². The average molecular weight is 227 g/mol. The minimum atomic E-state index is 0.572. The van der Waals surface area contributed by atoms with Gasteiger partial charge in [0.2, 0.25) is 0 Å². The van der Waals surface area contributed by atoms with Crippen molar-refractivity contribution in [2.45, 2.75) is 79.1 Å². The van der Waals surface area contributed by atoms with Gasteiger partial charge in [-0.3, -0.25) is 0 Å². The summed E-state index contributed by atoms with van der Waals surface area (Å²) in [6, 6.07) is 0. The monoisotopic (exact) mass is 227 g/mol. The molecule has 0 aliphatic heterocycles. The number of rotatable bonds is 11. The minimum Gasteiger partial charge on any atom is -0.316 e. The molecule has 0 fully saturated rings. The van der Waals surface area contributed by atoms with Crippen LogP contribution in [0.1, 0.15) is 79.1 Å². The van der Waals surface area contributed by atoms with Crippen LogP contribution in [-0.2, 0) is 0 Å². The molecule has 0 rings (SSSR count). The van der Waals surface area contributed by atoms with Crippen molar-refractivity contribution in [3.8, 4) is 0 Å². The van der Waals surface area contributed by atoms with Gasteiger partial charge in [-0.1, -0.05) is 59.8 Å². The number of hydrogen-bond acceptors (Lipinski definition) is 1. The lowest BCUT2D eigenvalue weighted by molar-refractivity contribution is 0.221. The fourth-order valence-electron chi connectivity index (χ4n) is 2.44. The molecule has 1 heteroatoms. The van der Waals surface area contributed by atoms with E-state index < -0.39 is 0 Å². The third-order valence-corrected chi connectivity index (χ3v) is 4.06. The molecule has 1 N–H and O–H groups in total. The van der Waals surface area contributed by atoms with Gasteiger partial charge in [0, 0.05) is 6.54 Å². The molecule has 0 unspecified atom stereocenters. The SMILES string of the molecule is CCCCCCCC(CC)(CC)CNCC. The molecule has 0 heterocycles. The van der Waals surface area contributed by atoms with Crippen molar-refractivity contribution < 1.29 is 0 Å². The van der Waals surface area contributed by atoms with Gasteiger partial charge in [0.05, 0.1) is 0 Å². The summed E-state index contributed by atoms with van der Waals surface area (Å²) in [4.78, 5) is 0. The highest BCUT2D eigenvalue weighted by molar-refractivity contribution is 4.78. The van der Waals surface area contributed by atoms with E-state index in [4.69, 9.17) is 0 Å². The van der Waals surface area contributed by atoms with Gasteiger partial charge >= 0.3 is 0 Å². The molecular weight excluding hydrogens is 194 g/mol. The largest absolute Gasteiger partial charge is 0.316 e. The van der Waals surface area contributed by atoms with Gasteiger partial charge in [-0.05, 0) is 31.2 Å². The molecule has 0 amide bonds. The van der Waals surface area contributed by atoms with Crippen LogP contribution in [0.3, 0.4) is 0 Å². The third kappa shape index (κ3) is 6.52. The van der Waals surface area contributed by atoms with E-state index >= 15 is 0 Å². The molecule has 0 radical (unpaired) electrons. The molecule has 0 saturated carbocycles. The molecule has 0 aromatic carbocycles. The average Bonchev–Trinajstić information content (AvgIpc) is 2.33. The molecule has 0 spiro atoms. The summed E-state index contributed by atoms with van der Waals surface area (Å²) in [5, 5.41) is 3.54. The molecule has 0 aromatic heterocycles. The Morgan fingerprint density at radius 2 is 1.44 bits per heavy atom. The van der Waals surface area contributed by atoms with Crippen LogP contribution < -0.4 is 5.32 Å². The summed E-state index contributed by atoms with van der Waals surface area (Å²) in [5.74, 6) is 0. The predicted octanol–water partition coefficient (Wildman–Crippen LogP) is 4.76. The summed E-state index contributed by atoms with van der Waals surface area (Å²) in [6.07, 6.45) is 11.1. The highest BCUT2D eigenvalue weighted by Crippen LogP contribution is 2.32. The van der Waals surface area contributed by atoms with Crippen molar-refractivity contribution in [2.75, 3.05) is 13.1 Å². The smallest absolute Gasteiger partial charge is 0.000749 e. The molecular formula is C15H33N. The molecule has 0 bridgehead atoms. The van der Waals surface area contributed by atoms with Gasteiger partial charge < -0.3 is 5.32 Å². The van der Waals surface area contributed by atoms with E-state index in [0.717, 1.165) is 6.54 Å². The Morgan fingerprint density at radius 1 is 0.812 bits per heavy atom. The van der Waals surface area contributed by atoms with Gasteiger partial charge in [-0.2, -0.15) is 0 Å². The maximum atomic E-state index is 3.54. The summed E-state index contributed by atoms with van der Waals surface area (Å²) in [5.41, 5.74) is 0.572. The maximum Gasteiger partial charge on any atom is 0.000749 e. The topological polar surface area (TPSA) is 12.0 Å². The second kappa shape index (κ2) is 10.1. The molecule has 0 aliphatic carbocycles. The van der Waals surface area contributed by atoms with Crippen LogP contribution >= 0.6 is 0 Å². The third-order valence-electron chi connectivity index (χ3n) is 4.06. The zero-order valence-electron chi connectivity index (χ0n) is 12.1. The first-order valence-corrected chi connectivity index (χ1v) is 7.45. The lowest BCUT2D eigenvalue weighted by Gasteiger charge is -2.32. The molecule has 0 saturated heterocycles. The Bertz CT molecular complexity index is 138. The van der Waals surface area contributed by atoms with E-state index in [1.54, 1.807) is 0 Å². The minimum absolute atomic E-state index is 0.572. The summed E-state index contributed by atoms with van der Waals surface area (Å²) in [7, 11) is 0. The second-order valence-corrected chi connectivity index (χ2v) is 5.15. The van der Waals surface area contributed by atoms with E-state index in [0.29, 0.717) is 5.41 Å². The molecule has 1 nitrogen and oxygen atoms in total. The van der Waals surface area contributed by atoms with E-state index in [1.165, 1.54) is 57.9 Å². The second-order valence-electron chi connectivity index (χ2n) is 5.15. The lowest BCUT2D eigenvalue weighted by Crippen LogP contribution is -2.33. The standard InChI is InChI=1S/C15H33N/c1-5-9-10-11-12-13-15(6-2,7-3)14-16-8-4/h16H,5-14H2,1-4H3. The van der Waals surface area contributed by atoms with Gasteiger partial charge in [0.15, 0.2) is 0 Å². The molecule has 16 heavy (non-hydrogen) atoms. The van der Waals surface area contributed by atoms with Crippen molar-refractivity contribution in [3.05, 3.63) is 0 Å². The molecule has 0 aliphatic rings. The lowest BCUT2D eigenvalue weighted by atomic mass is 9.77. The first-order chi connectivity index (χ1) is 7.74. The maximum absolute atomic E-state index is 3.54. The van der Waals surface area contributed by atoms with Gasteiger partial charge in [-0.15, -0.1) is 0 Å². The van der Waals surface area contributed by atoms with E-state index in [2.05, 4.69) is 33.0 Å². The number of unbranched alkanes of at least 4 members (excludes halogenated alkanes) is 4. The van der Waals surface area contributed by atoms with Crippen LogP contribution in [0, 0.1) is 5.41 Å². The Balaban J connectivity index is 3.82. The van der Waals surface area contributed by atoms with Crippen molar-refractivity contribution in [2.24, 2.45) is 5.41 Å². The van der Waals surface area contributed by atoms with Crippen molar-refractivity contribution in [1.82, 2.24) is 5.32 Å². The highest BCUT2D eigenvalue weighted by Gasteiger charge is 2.24. The first-order valence-electron chi connectivity index (χ1n) is 7.45. The molecule has 98 valence electrons. The fourth-order valence-corrected chi connectivity index (χ4v) is 2.44. The van der Waals surface area contributed by atoms with Crippen LogP contribution in [0.2, 0.25) is 0 Å². The Morgan fingerprint density at radius 3 is 1.94 bits per heavy atom. The van der Waals surface area contributed by atoms with Crippen LogP contribution in [0.4, 0.5) is 0 Å². The van der Waals surface area contributed by atoms with Crippen molar-refractivity contribution in [3.63, 3.8) is 0 Å². The number of hydrogen-bond donors (Lipinski definition) is 1. The number of nitrogens with one attached hydrogen (secondary N) is 1. The highest BCUT2D eigenvalue weighted by atomic mass is 14.9. The molecule has 0 aromatic rings. The van der Waals surface area contributed by atoms with Gasteiger partial charge in [-0.25, -0.2) is 0 Å². The normalized spacial score (nSPS) is 12.0. The first kappa shape index (κ1) is 16.0. The van der Waals surface area contributed by atoms with E-state index in [-0.39, 0.29) is 0 Å². The quantitative estimate of drug-likeness (QED) is 0.502. The van der Waals surface area contributed by atoms with Crippen LogP contribution in [0.15, 0.2) is 0 Å². The van der Waals surface area contributed by atoms with Crippen LogP contribution in [0.5, 0.6) is 0 Å². The summed E-state index contributed by atoms with van der Waals surface area (Å²) >= 11 is 0. The van der Waals surface area contributed by atoms with Crippen molar-refractivity contribution in [1.29, 1.82) is 0 Å². The van der Waals surface area contributed by atoms with E-state index in [1.807, 2.05) is 0 Å². The Hall–Kier alpha value is -0.0400. The van der Waals surface area contributed by atoms with Crippen molar-refractivity contribution >= 4 is 0 Å². The fraction of sp³-hybridized carbons (Fsp3) is 1.00. The summed E-state index contributed by atoms with van der Waals surface area (Å²) < 4.78 is 0. The zero-order chi connectivity index (χ0) is 12.3. The summed E-state index contributed by atoms with van der Waals surface area (Å²) in [6.45, 7) is 11.5. The zero-order valence-corrected chi connectivity index (χ0v) is 12.1. The molecule has 0 atom stereocenters. The Labute approximate surface area is 103 Å². The predicted molar refractivity (Wildman–Crippen MR) is 74.9 cm³/mol. The van der Waals surface area contributed by atoms with Gasteiger partial charge in [0.25, 0.3) is 0 Å².